The highest BCUT2D eigenvalue weighted by Crippen LogP contribution is 2.25. The maximum atomic E-state index is 5.88. The molecule has 0 atom stereocenters. The summed E-state index contributed by atoms with van der Waals surface area (Å²) in [5, 5.41) is 0. The van der Waals surface area contributed by atoms with Crippen LogP contribution in [0.4, 0.5) is 0 Å². The van der Waals surface area contributed by atoms with Gasteiger partial charge in [0.25, 0.3) is 0 Å². The van der Waals surface area contributed by atoms with Crippen LogP contribution >= 0.6 is 0 Å². The van der Waals surface area contributed by atoms with Gasteiger partial charge in [0.05, 0.1) is 12.2 Å². The average Bonchev–Trinajstić information content (AvgIpc) is 2.16. The van der Waals surface area contributed by atoms with Crippen LogP contribution in [0, 0.1) is 5.92 Å². The van der Waals surface area contributed by atoms with E-state index in [4.69, 9.17) is 4.74 Å². The molecule has 0 aromatic rings. The van der Waals surface area contributed by atoms with E-state index in [9.17, 15) is 0 Å². The van der Waals surface area contributed by atoms with E-state index in [0.29, 0.717) is 12.2 Å². The van der Waals surface area contributed by atoms with Gasteiger partial charge in [-0.3, -0.25) is 0 Å². The first-order valence-electron chi connectivity index (χ1n) is 6.84. The largest absolute Gasteiger partial charge is 0.376 e. The van der Waals surface area contributed by atoms with Gasteiger partial charge in [0.2, 0.25) is 0 Å². The molecule has 2 heteroatoms. The van der Waals surface area contributed by atoms with Crippen molar-refractivity contribution in [2.24, 2.45) is 5.92 Å². The van der Waals surface area contributed by atoms with Crippen LogP contribution < -0.4 is 0 Å². The molecule has 0 saturated heterocycles. The molecule has 96 valence electrons. The van der Waals surface area contributed by atoms with Crippen LogP contribution in [0.15, 0.2) is 0 Å². The summed E-state index contributed by atoms with van der Waals surface area (Å²) in [4.78, 5) is 2.54. The monoisotopic (exact) mass is 227 g/mol. The van der Waals surface area contributed by atoms with Gasteiger partial charge in [0.15, 0.2) is 0 Å². The lowest BCUT2D eigenvalue weighted by Crippen LogP contribution is -2.39. The summed E-state index contributed by atoms with van der Waals surface area (Å²) in [5.74, 6) is 0.773. The normalized spacial score (nSPS) is 27.0. The topological polar surface area (TPSA) is 12.5 Å². The molecule has 0 spiro atoms. The van der Waals surface area contributed by atoms with Crippen molar-refractivity contribution >= 4 is 0 Å². The van der Waals surface area contributed by atoms with E-state index >= 15 is 0 Å². The lowest BCUT2D eigenvalue weighted by Gasteiger charge is -2.36. The molecule has 0 amide bonds. The van der Waals surface area contributed by atoms with Crippen LogP contribution in [0.25, 0.3) is 0 Å². The second-order valence-corrected chi connectivity index (χ2v) is 5.95. The van der Waals surface area contributed by atoms with E-state index < -0.39 is 0 Å². The summed E-state index contributed by atoms with van der Waals surface area (Å²) < 4.78 is 5.88. The van der Waals surface area contributed by atoms with Crippen LogP contribution in [0.2, 0.25) is 0 Å². The molecule has 0 heterocycles. The quantitative estimate of drug-likeness (QED) is 0.714. The number of nitrogens with zero attached hydrogens (tertiary/aromatic N) is 1. The highest BCUT2D eigenvalue weighted by molar-refractivity contribution is 4.79. The first-order valence-corrected chi connectivity index (χ1v) is 6.84. The van der Waals surface area contributed by atoms with E-state index in [1.807, 2.05) is 0 Å². The molecule has 1 aliphatic carbocycles. The first kappa shape index (κ1) is 14.0. The molecular weight excluding hydrogens is 198 g/mol. The Kier molecular flexibility index (Phi) is 5.77. The summed E-state index contributed by atoms with van der Waals surface area (Å²) >= 11 is 0. The zero-order chi connectivity index (χ0) is 12.1. The zero-order valence-electron chi connectivity index (χ0n) is 11.7. The Morgan fingerprint density at radius 2 is 1.62 bits per heavy atom. The van der Waals surface area contributed by atoms with Gasteiger partial charge >= 0.3 is 0 Å². The van der Waals surface area contributed by atoms with Gasteiger partial charge in [-0.15, -0.1) is 0 Å². The fourth-order valence-electron chi connectivity index (χ4n) is 2.73. The van der Waals surface area contributed by atoms with Gasteiger partial charge in [-0.05, 0) is 52.5 Å². The smallest absolute Gasteiger partial charge is 0.0579 e. The van der Waals surface area contributed by atoms with Crippen LogP contribution in [0.1, 0.15) is 53.4 Å². The number of ether oxygens (including phenoxy) is 1. The molecular formula is C14H29NO. The van der Waals surface area contributed by atoms with Crippen molar-refractivity contribution < 1.29 is 4.74 Å². The second-order valence-electron chi connectivity index (χ2n) is 5.95. The highest BCUT2D eigenvalue weighted by atomic mass is 16.5. The minimum absolute atomic E-state index is 0.384. The van der Waals surface area contributed by atoms with E-state index in [1.54, 1.807) is 0 Å². The molecule has 0 bridgehead atoms. The lowest BCUT2D eigenvalue weighted by molar-refractivity contribution is -0.0248. The summed E-state index contributed by atoms with van der Waals surface area (Å²) in [6.45, 7) is 10.1. The minimum atomic E-state index is 0.384. The molecule has 0 radical (unpaired) electrons. The van der Waals surface area contributed by atoms with Gasteiger partial charge in [0.1, 0.15) is 0 Å². The van der Waals surface area contributed by atoms with Crippen molar-refractivity contribution in [3.63, 3.8) is 0 Å². The maximum Gasteiger partial charge on any atom is 0.0579 e. The average molecular weight is 227 g/mol. The second kappa shape index (κ2) is 6.61. The molecule has 0 unspecified atom stereocenters. The van der Waals surface area contributed by atoms with E-state index in [1.165, 1.54) is 32.2 Å². The van der Waals surface area contributed by atoms with Crippen LogP contribution in [-0.2, 0) is 4.74 Å². The van der Waals surface area contributed by atoms with E-state index in [-0.39, 0.29) is 0 Å². The zero-order valence-corrected chi connectivity index (χ0v) is 11.7. The number of hydrogen-bond acceptors (Lipinski definition) is 2. The molecule has 1 rings (SSSR count). The van der Waals surface area contributed by atoms with Crippen LogP contribution in [-0.4, -0.2) is 36.7 Å². The fourth-order valence-corrected chi connectivity index (χ4v) is 2.73. The van der Waals surface area contributed by atoms with Crippen molar-refractivity contribution in [1.82, 2.24) is 4.90 Å². The molecule has 1 fully saturated rings. The van der Waals surface area contributed by atoms with Crippen LogP contribution in [0.3, 0.4) is 0 Å². The Labute approximate surface area is 101 Å². The molecule has 0 aromatic heterocycles. The lowest BCUT2D eigenvalue weighted by atomic mass is 9.91. The highest BCUT2D eigenvalue weighted by Gasteiger charge is 2.24. The van der Waals surface area contributed by atoms with Gasteiger partial charge in [-0.25, -0.2) is 0 Å². The van der Waals surface area contributed by atoms with E-state index in [2.05, 4.69) is 39.6 Å². The third-order valence-corrected chi connectivity index (χ3v) is 3.38. The Balaban J connectivity index is 2.25. The standard InChI is InChI=1S/C14H29NO/c1-11(2)10-15(5)13-6-8-14(9-7-13)16-12(3)4/h11-14H,6-10H2,1-5H3/t13-,14-. The molecule has 0 aliphatic heterocycles. The maximum absolute atomic E-state index is 5.88. The van der Waals surface area contributed by atoms with Crippen molar-refractivity contribution in [3.05, 3.63) is 0 Å². The van der Waals surface area contributed by atoms with Gasteiger partial charge in [0, 0.05) is 12.6 Å². The summed E-state index contributed by atoms with van der Waals surface area (Å²) in [5.41, 5.74) is 0. The van der Waals surface area contributed by atoms with Crippen molar-refractivity contribution in [2.45, 2.75) is 71.6 Å². The van der Waals surface area contributed by atoms with Crippen molar-refractivity contribution in [2.75, 3.05) is 13.6 Å². The molecule has 1 saturated carbocycles. The fraction of sp³-hybridized carbons (Fsp3) is 1.00. The third-order valence-electron chi connectivity index (χ3n) is 3.38. The summed E-state index contributed by atoms with van der Waals surface area (Å²) in [6, 6.07) is 0.786. The van der Waals surface area contributed by atoms with Crippen molar-refractivity contribution in [3.8, 4) is 0 Å². The third kappa shape index (κ3) is 4.84. The molecule has 16 heavy (non-hydrogen) atoms. The van der Waals surface area contributed by atoms with Gasteiger partial charge < -0.3 is 9.64 Å². The first-order chi connectivity index (χ1) is 7.49. The molecule has 0 N–H and O–H groups in total. The Morgan fingerprint density at radius 3 is 2.06 bits per heavy atom. The minimum Gasteiger partial charge on any atom is -0.376 e. The Morgan fingerprint density at radius 1 is 1.06 bits per heavy atom. The van der Waals surface area contributed by atoms with Crippen LogP contribution in [0.5, 0.6) is 0 Å². The number of rotatable bonds is 5. The summed E-state index contributed by atoms with van der Waals surface area (Å²) in [7, 11) is 2.27. The molecule has 1 aliphatic rings. The number of hydrogen-bond donors (Lipinski definition) is 0. The van der Waals surface area contributed by atoms with E-state index in [0.717, 1.165) is 12.0 Å². The Bertz CT molecular complexity index is 183. The molecule has 2 nitrogen and oxygen atoms in total. The summed E-state index contributed by atoms with van der Waals surface area (Å²) in [6.07, 6.45) is 6.00. The Hall–Kier alpha value is -0.0800. The predicted octanol–water partition coefficient (Wildman–Crippen LogP) is 3.31. The van der Waals surface area contributed by atoms with Crippen molar-refractivity contribution in [1.29, 1.82) is 0 Å². The molecule has 0 aromatic carbocycles. The SMILES string of the molecule is CC(C)CN(C)[C@H]1CC[C@H](OC(C)C)CC1. The predicted molar refractivity (Wildman–Crippen MR) is 69.7 cm³/mol. The van der Waals surface area contributed by atoms with Gasteiger partial charge in [-0.1, -0.05) is 13.8 Å². The van der Waals surface area contributed by atoms with Gasteiger partial charge in [-0.2, -0.15) is 0 Å².